The van der Waals surface area contributed by atoms with E-state index in [1.165, 1.54) is 0 Å². The zero-order valence-corrected chi connectivity index (χ0v) is 17.9. The van der Waals surface area contributed by atoms with E-state index in [1.54, 1.807) is 0 Å². The Bertz CT molecular complexity index is 121. The fourth-order valence-corrected chi connectivity index (χ4v) is 1.95. The number of alkyl halides is 4. The van der Waals surface area contributed by atoms with Crippen molar-refractivity contribution in [2.45, 2.75) is 0 Å². The molecule has 0 rings (SSSR count). The molecule has 0 aromatic carbocycles. The molecule has 0 aromatic heterocycles. The van der Waals surface area contributed by atoms with Crippen LogP contribution in [0.4, 0.5) is 0 Å². The number of hydrogen-bond acceptors (Lipinski definition) is 2. The van der Waals surface area contributed by atoms with Gasteiger partial charge in [-0.1, -0.05) is 0 Å². The number of rotatable bonds is 8. The van der Waals surface area contributed by atoms with Crippen molar-refractivity contribution in [2.24, 2.45) is 0 Å². The van der Waals surface area contributed by atoms with Gasteiger partial charge in [0.05, 0.1) is 0 Å². The molecule has 0 aliphatic carbocycles. The van der Waals surface area contributed by atoms with Crippen molar-refractivity contribution in [3.8, 4) is 0 Å². The van der Waals surface area contributed by atoms with E-state index in [4.69, 9.17) is 65.2 Å². The number of halogens is 6. The molecule has 0 N–H and O–H groups in total. The van der Waals surface area contributed by atoms with Gasteiger partial charge in [-0.3, -0.25) is 0 Å². The molecule has 0 saturated carbocycles. The quantitative estimate of drug-likeness (QED) is 0.400. The fraction of sp³-hybridized carbons (Fsp3) is 1.00. The Morgan fingerprint density at radius 3 is 0.895 bits per heavy atom. The molecule has 19 heavy (non-hydrogen) atoms. The second-order valence-corrected chi connectivity index (χ2v) is 8.20. The second kappa shape index (κ2) is 25.3. The molecule has 2 nitrogen and oxygen atoms in total. The summed E-state index contributed by atoms with van der Waals surface area (Å²) in [4.78, 5) is 4.19. The van der Waals surface area contributed by atoms with E-state index in [0.717, 1.165) is 26.2 Å². The molecule has 9 heteroatoms. The van der Waals surface area contributed by atoms with Crippen LogP contribution in [0.5, 0.6) is 0 Å². The average molecular weight is 578 g/mol. The van der Waals surface area contributed by atoms with E-state index >= 15 is 0 Å². The normalized spacial score (nSPS) is 10.0. The molecule has 0 aromatic rings. The molecule has 0 heterocycles. The maximum absolute atomic E-state index is 5.45. The third kappa shape index (κ3) is 33.3. The van der Waals surface area contributed by atoms with Crippen LogP contribution in [0.2, 0.25) is 0 Å². The topological polar surface area (TPSA) is 6.48 Å². The second-order valence-electron chi connectivity index (χ2n) is 3.41. The van der Waals surface area contributed by atoms with Crippen molar-refractivity contribution in [2.75, 3.05) is 63.8 Å². The predicted molar refractivity (Wildman–Crippen MR) is 89.6 cm³/mol. The third-order valence-corrected chi connectivity index (χ3v) is 2.54. The van der Waals surface area contributed by atoms with Gasteiger partial charge < -0.3 is 9.80 Å². The van der Waals surface area contributed by atoms with Crippen molar-refractivity contribution in [1.82, 2.24) is 9.80 Å². The van der Waals surface area contributed by atoms with Crippen LogP contribution in [0.3, 0.4) is 0 Å². The molecular formula is C10H22Cl6N2Pt+2. The zero-order chi connectivity index (χ0) is 15.5. The molecule has 0 atom stereocenters. The Labute approximate surface area is 154 Å². The van der Waals surface area contributed by atoms with Crippen LogP contribution in [0, 0.1) is 0 Å². The Balaban J connectivity index is -0.000000224. The minimum absolute atomic E-state index is 0.472. The number of hydrogen-bond donors (Lipinski definition) is 0. The molecule has 0 bridgehead atoms. The summed E-state index contributed by atoms with van der Waals surface area (Å²) in [6.45, 7) is 3.70. The first-order chi connectivity index (χ1) is 9.03. The monoisotopic (exact) mass is 575 g/mol. The SMILES string of the molecule is CN(CCCl)CCCl.CN(CCCl)CCCl.[Cl][Pt+2][Cl]. The van der Waals surface area contributed by atoms with Gasteiger partial charge in [0, 0.05) is 49.7 Å². The van der Waals surface area contributed by atoms with E-state index in [2.05, 4.69) is 9.80 Å². The van der Waals surface area contributed by atoms with Gasteiger partial charge in [0.2, 0.25) is 0 Å². The van der Waals surface area contributed by atoms with Crippen LogP contribution in [0.15, 0.2) is 0 Å². The van der Waals surface area contributed by atoms with Gasteiger partial charge in [0.15, 0.2) is 0 Å². The third-order valence-electron chi connectivity index (χ3n) is 1.86. The Morgan fingerprint density at radius 1 is 0.632 bits per heavy atom. The van der Waals surface area contributed by atoms with Crippen molar-refractivity contribution in [1.29, 1.82) is 0 Å². The average Bonchev–Trinajstić information content (AvgIpc) is 2.32. The van der Waals surface area contributed by atoms with E-state index in [1.807, 2.05) is 14.1 Å². The standard InChI is InChI=1S/2C5H11Cl2N.2ClH.Pt/c2*1-8(4-2-6)5-3-7;;;/h2*2-5H2,1H3;2*1H;/q;;;;+4/p-2. The summed E-state index contributed by atoms with van der Waals surface area (Å²) < 4.78 is 0. The molecular weight excluding hydrogens is 556 g/mol. The van der Waals surface area contributed by atoms with Gasteiger partial charge in [-0.15, -0.1) is 46.4 Å². The molecule has 0 saturated heterocycles. The predicted octanol–water partition coefficient (Wildman–Crippen LogP) is 4.17. The van der Waals surface area contributed by atoms with Crippen molar-refractivity contribution >= 4 is 65.2 Å². The van der Waals surface area contributed by atoms with Gasteiger partial charge in [-0.2, -0.15) is 0 Å². The first kappa shape index (κ1) is 26.3. The van der Waals surface area contributed by atoms with Crippen LogP contribution in [-0.2, 0) is 16.5 Å². The summed E-state index contributed by atoms with van der Waals surface area (Å²) in [6.07, 6.45) is 0. The number of nitrogens with zero attached hydrogens (tertiary/aromatic N) is 2. The summed E-state index contributed by atoms with van der Waals surface area (Å²) in [6, 6.07) is 0. The fourth-order valence-electron chi connectivity index (χ4n) is 0.801. The van der Waals surface area contributed by atoms with Gasteiger partial charge in [0.1, 0.15) is 0 Å². The van der Waals surface area contributed by atoms with Crippen molar-refractivity contribution in [3.63, 3.8) is 0 Å². The zero-order valence-electron chi connectivity index (χ0n) is 11.1. The van der Waals surface area contributed by atoms with Gasteiger partial charge in [-0.25, -0.2) is 0 Å². The van der Waals surface area contributed by atoms with Gasteiger partial charge in [0.25, 0.3) is 0 Å². The van der Waals surface area contributed by atoms with Crippen LogP contribution in [0.1, 0.15) is 0 Å². The molecule has 0 unspecified atom stereocenters. The molecule has 0 amide bonds. The van der Waals surface area contributed by atoms with Crippen molar-refractivity contribution in [3.05, 3.63) is 0 Å². The van der Waals surface area contributed by atoms with E-state index < -0.39 is 16.5 Å². The molecule has 0 radical (unpaired) electrons. The summed E-state index contributed by atoms with van der Waals surface area (Å²) in [5.74, 6) is 2.75. The summed E-state index contributed by atoms with van der Waals surface area (Å²) >= 11 is 21.3. The molecule has 0 aliphatic rings. The van der Waals surface area contributed by atoms with E-state index in [9.17, 15) is 0 Å². The van der Waals surface area contributed by atoms with Crippen LogP contribution >= 0.6 is 65.2 Å². The summed E-state index contributed by atoms with van der Waals surface area (Å²) in [5, 5.41) is 0. The summed E-state index contributed by atoms with van der Waals surface area (Å²) in [5.41, 5.74) is 0. The maximum atomic E-state index is 5.45. The van der Waals surface area contributed by atoms with E-state index in [0.29, 0.717) is 23.5 Å². The summed E-state index contributed by atoms with van der Waals surface area (Å²) in [7, 11) is 13.8. The Morgan fingerprint density at radius 2 is 0.789 bits per heavy atom. The van der Waals surface area contributed by atoms with Crippen LogP contribution in [-0.4, -0.2) is 73.6 Å². The molecule has 0 fully saturated rings. The van der Waals surface area contributed by atoms with Crippen LogP contribution < -0.4 is 0 Å². The molecule has 0 aliphatic heterocycles. The van der Waals surface area contributed by atoms with Crippen molar-refractivity contribution < 1.29 is 16.5 Å². The minimum atomic E-state index is -0.472. The van der Waals surface area contributed by atoms with Gasteiger partial charge >= 0.3 is 35.3 Å². The van der Waals surface area contributed by atoms with E-state index in [-0.39, 0.29) is 0 Å². The molecule has 122 valence electrons. The van der Waals surface area contributed by atoms with Gasteiger partial charge in [-0.05, 0) is 14.1 Å². The first-order valence-corrected chi connectivity index (χ1v) is 13.2. The Hall–Kier alpha value is 2.35. The first-order valence-electron chi connectivity index (χ1n) is 5.47. The molecule has 0 spiro atoms. The Kier molecular flexibility index (Phi) is 35.0. The van der Waals surface area contributed by atoms with Crippen LogP contribution in [0.25, 0.3) is 0 Å².